The molecule has 0 saturated carbocycles. The number of aliphatic hydroxyl groups is 1. The maximum Gasteiger partial charge on any atom is 0.416 e. The van der Waals surface area contributed by atoms with E-state index >= 15 is 0 Å². The van der Waals surface area contributed by atoms with E-state index in [1.807, 2.05) is 20.8 Å². The maximum atomic E-state index is 14.5. The van der Waals surface area contributed by atoms with Crippen LogP contribution >= 0.6 is 0 Å². The Morgan fingerprint density at radius 1 is 0.932 bits per heavy atom. The third kappa shape index (κ3) is 6.34. The highest BCUT2D eigenvalue weighted by atomic mass is 32.2. The normalized spacial score (nSPS) is 23.8. The fourth-order valence-electron chi connectivity index (χ4n) is 5.46. The first-order chi connectivity index (χ1) is 20.3. The van der Waals surface area contributed by atoms with Gasteiger partial charge in [-0.2, -0.15) is 17.5 Å². The van der Waals surface area contributed by atoms with Crippen molar-refractivity contribution in [3.63, 3.8) is 0 Å². The van der Waals surface area contributed by atoms with Crippen molar-refractivity contribution in [3.8, 4) is 0 Å². The van der Waals surface area contributed by atoms with Gasteiger partial charge in [-0.1, -0.05) is 87.0 Å². The van der Waals surface area contributed by atoms with Gasteiger partial charge in [0.15, 0.2) is 8.32 Å². The monoisotopic (exact) mass is 650 g/mol. The van der Waals surface area contributed by atoms with E-state index in [-0.39, 0.29) is 10.5 Å². The lowest BCUT2D eigenvalue weighted by atomic mass is 9.75. The molecule has 1 saturated heterocycles. The van der Waals surface area contributed by atoms with Crippen LogP contribution in [0.5, 0.6) is 0 Å². The summed E-state index contributed by atoms with van der Waals surface area (Å²) in [6.07, 6.45) is -8.68. The van der Waals surface area contributed by atoms with Crippen molar-refractivity contribution >= 4 is 18.3 Å². The summed E-state index contributed by atoms with van der Waals surface area (Å²) in [7, 11) is -7.67. The number of nitrogens with zero attached hydrogens (tertiary/aromatic N) is 2. The Morgan fingerprint density at radius 2 is 1.48 bits per heavy atom. The van der Waals surface area contributed by atoms with Crippen LogP contribution in [0.25, 0.3) is 0 Å². The number of aryl methyl sites for hydroxylation is 1. The first-order valence-corrected chi connectivity index (χ1v) is 18.4. The van der Waals surface area contributed by atoms with Gasteiger partial charge in [0.2, 0.25) is 16.1 Å². The molecule has 238 valence electrons. The molecule has 5 atom stereocenters. The quantitative estimate of drug-likeness (QED) is 0.169. The van der Waals surface area contributed by atoms with Gasteiger partial charge in [-0.15, -0.1) is 0 Å². The van der Waals surface area contributed by atoms with Crippen molar-refractivity contribution < 1.29 is 36.0 Å². The summed E-state index contributed by atoms with van der Waals surface area (Å²) in [6, 6.07) is 14.3. The molecule has 1 N–H and O–H groups in total. The van der Waals surface area contributed by atoms with E-state index in [4.69, 9.17) is 4.43 Å². The van der Waals surface area contributed by atoms with E-state index in [1.54, 1.807) is 50.3 Å². The van der Waals surface area contributed by atoms with Crippen LogP contribution in [-0.2, 0) is 20.6 Å². The van der Waals surface area contributed by atoms with E-state index in [1.165, 1.54) is 36.4 Å². The zero-order valence-corrected chi connectivity index (χ0v) is 27.1. The lowest BCUT2D eigenvalue weighted by Gasteiger charge is -2.51. The molecule has 0 unspecified atom stereocenters. The molecule has 3 aromatic rings. The minimum atomic E-state index is -4.89. The van der Waals surface area contributed by atoms with Gasteiger partial charge in [-0.25, -0.2) is 8.42 Å². The molecule has 0 amide bonds. The fraction of sp³-hybridized carbons (Fsp3) is 0.419. The highest BCUT2D eigenvalue weighted by molar-refractivity contribution is 7.89. The van der Waals surface area contributed by atoms with Crippen LogP contribution in [0.1, 0.15) is 55.0 Å². The lowest BCUT2D eigenvalue weighted by molar-refractivity contribution is -0.543. The first kappa shape index (κ1) is 33.8. The molecule has 1 aliphatic rings. The van der Waals surface area contributed by atoms with Crippen LogP contribution in [-0.4, -0.2) is 49.4 Å². The number of hydrogen-bond acceptors (Lipinski definition) is 6. The molecule has 0 bridgehead atoms. The van der Waals surface area contributed by atoms with Crippen LogP contribution in [0, 0.1) is 17.0 Å². The van der Waals surface area contributed by atoms with Crippen molar-refractivity contribution in [3.05, 3.63) is 111 Å². The average Bonchev–Trinajstić information content (AvgIpc) is 2.93. The molecule has 1 aliphatic heterocycles. The maximum absolute atomic E-state index is 14.5. The Labute approximate surface area is 256 Å². The van der Waals surface area contributed by atoms with Crippen LogP contribution in [0.4, 0.5) is 13.2 Å². The second-order valence-corrected chi connectivity index (χ2v) is 19.2. The molecule has 0 spiro atoms. The van der Waals surface area contributed by atoms with Crippen molar-refractivity contribution in [1.82, 2.24) is 4.31 Å². The zero-order chi connectivity index (χ0) is 32.8. The molecule has 0 aromatic heterocycles. The Bertz CT molecular complexity index is 1600. The number of sulfonamides is 1. The van der Waals surface area contributed by atoms with Crippen molar-refractivity contribution in [2.24, 2.45) is 0 Å². The van der Waals surface area contributed by atoms with Gasteiger partial charge in [-0.05, 0) is 54.4 Å². The predicted octanol–water partition coefficient (Wildman–Crippen LogP) is 6.90. The molecule has 4 rings (SSSR count). The van der Waals surface area contributed by atoms with E-state index in [9.17, 15) is 36.8 Å². The van der Waals surface area contributed by atoms with E-state index in [2.05, 4.69) is 0 Å². The number of benzene rings is 3. The third-order valence-corrected chi connectivity index (χ3v) is 15.1. The van der Waals surface area contributed by atoms with Crippen molar-refractivity contribution in [2.75, 3.05) is 0 Å². The first-order valence-electron chi connectivity index (χ1n) is 14.1. The number of piperidine rings is 1. The van der Waals surface area contributed by atoms with Gasteiger partial charge in [-0.3, -0.25) is 10.1 Å². The molecule has 0 aliphatic carbocycles. The van der Waals surface area contributed by atoms with Crippen LogP contribution < -0.4 is 0 Å². The summed E-state index contributed by atoms with van der Waals surface area (Å²) in [6.45, 7) is 10.9. The minimum Gasteiger partial charge on any atom is -0.409 e. The summed E-state index contributed by atoms with van der Waals surface area (Å²) in [4.78, 5) is 12.1. The van der Waals surface area contributed by atoms with Crippen molar-refractivity contribution in [1.29, 1.82) is 0 Å². The average molecular weight is 651 g/mol. The predicted molar refractivity (Wildman–Crippen MR) is 162 cm³/mol. The van der Waals surface area contributed by atoms with Crippen LogP contribution in [0.15, 0.2) is 83.8 Å². The van der Waals surface area contributed by atoms with E-state index in [0.29, 0.717) is 4.31 Å². The summed E-state index contributed by atoms with van der Waals surface area (Å²) in [5.41, 5.74) is -0.662. The highest BCUT2D eigenvalue weighted by Crippen LogP contribution is 2.51. The molecular formula is C31H37F3N2O6SSi. The van der Waals surface area contributed by atoms with Gasteiger partial charge in [0.05, 0.1) is 22.5 Å². The van der Waals surface area contributed by atoms with Gasteiger partial charge in [0.25, 0.3) is 0 Å². The fourth-order valence-corrected chi connectivity index (χ4v) is 8.43. The van der Waals surface area contributed by atoms with Crippen molar-refractivity contribution in [2.45, 2.75) is 87.2 Å². The van der Waals surface area contributed by atoms with E-state index in [0.717, 1.165) is 17.7 Å². The molecule has 3 aromatic carbocycles. The Morgan fingerprint density at radius 3 is 2.00 bits per heavy atom. The van der Waals surface area contributed by atoms with Gasteiger partial charge in [0.1, 0.15) is 12.3 Å². The number of hydrogen-bond donors (Lipinski definition) is 1. The van der Waals surface area contributed by atoms with Gasteiger partial charge < -0.3 is 9.53 Å². The molecule has 1 fully saturated rings. The highest BCUT2D eigenvalue weighted by Gasteiger charge is 2.62. The summed E-state index contributed by atoms with van der Waals surface area (Å²) in [5, 5.41) is 24.7. The second kappa shape index (κ2) is 12.0. The smallest absolute Gasteiger partial charge is 0.409 e. The number of halogens is 3. The topological polar surface area (TPSA) is 110 Å². The zero-order valence-electron chi connectivity index (χ0n) is 25.3. The molecular weight excluding hydrogens is 613 g/mol. The minimum absolute atomic E-state index is 0.143. The number of alkyl halides is 3. The van der Waals surface area contributed by atoms with Crippen LogP contribution in [0.2, 0.25) is 18.1 Å². The second-order valence-electron chi connectivity index (χ2n) is 12.6. The Kier molecular flexibility index (Phi) is 9.22. The summed E-state index contributed by atoms with van der Waals surface area (Å²) < 4.78 is 79.3. The van der Waals surface area contributed by atoms with E-state index < -0.39 is 75.9 Å². The Balaban J connectivity index is 2.09. The molecule has 0 radical (unpaired) electrons. The lowest BCUT2D eigenvalue weighted by Crippen LogP contribution is -2.65. The largest absolute Gasteiger partial charge is 0.416 e. The number of rotatable bonds is 7. The number of aliphatic hydroxyl groups excluding tert-OH is 1. The third-order valence-electron chi connectivity index (χ3n) is 8.72. The molecule has 13 heteroatoms. The molecule has 8 nitrogen and oxygen atoms in total. The van der Waals surface area contributed by atoms with Gasteiger partial charge in [0, 0.05) is 4.92 Å². The molecule has 44 heavy (non-hydrogen) atoms. The summed E-state index contributed by atoms with van der Waals surface area (Å²) in [5.74, 6) is -1.68. The van der Waals surface area contributed by atoms with Gasteiger partial charge >= 0.3 is 6.18 Å². The molecule has 1 heterocycles. The standard InChI is InChI=1S/C31H37F3N2O6SSi/c1-20-16-18-22(19-17-20)43(40,41)35-26(21-12-8-7-9-13-21)27(36(38)39)25(23-14-10-11-15-24(23)31(32,33)34)28(29(35)37)42-44(5,6)30(2,3)4/h7-19,25-29,37H,1-6H3/t25-,26-,27-,28-,29+/m0/s1. The Hall–Kier alpha value is -3.10. The number of nitro groups is 1. The van der Waals surface area contributed by atoms with Crippen LogP contribution in [0.3, 0.4) is 0 Å². The summed E-state index contributed by atoms with van der Waals surface area (Å²) >= 11 is 0. The SMILES string of the molecule is Cc1ccc(S(=O)(=O)N2[C@H](O)[C@@H](O[Si](C)(C)C(C)(C)C)[C@@H](c3ccccc3C(F)(F)F)[C@H]([N+](=O)[O-])[C@@H]2c2ccccc2)cc1.